The summed E-state index contributed by atoms with van der Waals surface area (Å²) in [6, 6.07) is 33.1. The Morgan fingerprint density at radius 2 is 1.38 bits per heavy atom. The molecule has 0 saturated heterocycles. The van der Waals surface area contributed by atoms with E-state index in [0.29, 0.717) is 0 Å². The molecule has 6 rings (SSSR count). The van der Waals surface area contributed by atoms with E-state index in [9.17, 15) is 0 Å². The van der Waals surface area contributed by atoms with Gasteiger partial charge in [-0.2, -0.15) is 4.40 Å². The fraction of sp³-hybridized carbons (Fsp3) is 0.0741. The Bertz CT molecular complexity index is 1620. The van der Waals surface area contributed by atoms with E-state index in [1.807, 2.05) is 0 Å². The van der Waals surface area contributed by atoms with Gasteiger partial charge in [0.25, 0.3) is 5.65 Å². The van der Waals surface area contributed by atoms with E-state index in [2.05, 4.69) is 114 Å². The van der Waals surface area contributed by atoms with E-state index < -0.39 is 0 Å². The number of imidazole rings is 1. The van der Waals surface area contributed by atoms with Crippen molar-refractivity contribution in [1.29, 1.82) is 0 Å². The fourth-order valence-electron chi connectivity index (χ4n) is 4.71. The number of fused-ring (bicyclic) bond motifs is 12. The summed E-state index contributed by atoms with van der Waals surface area (Å²) in [5.74, 6) is 0. The first-order valence-corrected chi connectivity index (χ1v) is 10.0. The van der Waals surface area contributed by atoms with Crippen LogP contribution in [0.1, 0.15) is 5.56 Å². The smallest absolute Gasteiger partial charge is 0.225 e. The van der Waals surface area contributed by atoms with Gasteiger partial charge in [0.15, 0.2) is 11.0 Å². The summed E-state index contributed by atoms with van der Waals surface area (Å²) < 4.78 is 4.72. The Morgan fingerprint density at radius 1 is 0.655 bits per heavy atom. The highest BCUT2D eigenvalue weighted by molar-refractivity contribution is 6.08. The van der Waals surface area contributed by atoms with Gasteiger partial charge in [-0.05, 0) is 64.4 Å². The Labute approximate surface area is 168 Å². The van der Waals surface area contributed by atoms with Crippen LogP contribution in [-0.4, -0.2) is 4.40 Å². The maximum atomic E-state index is 2.40. The molecule has 0 aliphatic rings. The van der Waals surface area contributed by atoms with E-state index in [1.54, 1.807) is 0 Å². The zero-order valence-electron chi connectivity index (χ0n) is 16.6. The molecule has 4 aromatic carbocycles. The van der Waals surface area contributed by atoms with Gasteiger partial charge in [0, 0.05) is 0 Å². The Kier molecular flexibility index (Phi) is 3.33. The zero-order valence-corrected chi connectivity index (χ0v) is 16.6. The van der Waals surface area contributed by atoms with Crippen LogP contribution < -0.4 is 4.57 Å². The summed E-state index contributed by atoms with van der Waals surface area (Å²) in [5, 5.41) is 6.31. The molecule has 0 radical (unpaired) electrons. The predicted molar refractivity (Wildman–Crippen MR) is 122 cm³/mol. The number of rotatable bonds is 0. The van der Waals surface area contributed by atoms with Gasteiger partial charge >= 0.3 is 0 Å². The number of hydrogen-bond donors (Lipinski definition) is 0. The van der Waals surface area contributed by atoms with Crippen molar-refractivity contribution in [3.05, 3.63) is 96.6 Å². The van der Waals surface area contributed by atoms with Gasteiger partial charge in [-0.25, -0.2) is 4.57 Å². The zero-order chi connectivity index (χ0) is 19.5. The third-order valence-electron chi connectivity index (χ3n) is 6.15. The summed E-state index contributed by atoms with van der Waals surface area (Å²) in [7, 11) is 2.17. The van der Waals surface area contributed by atoms with E-state index in [0.717, 1.165) is 0 Å². The average Bonchev–Trinajstić information content (AvgIpc) is 3.06. The summed E-state index contributed by atoms with van der Waals surface area (Å²) in [6.07, 6.45) is 0. The third-order valence-corrected chi connectivity index (χ3v) is 6.15. The molecule has 0 fully saturated rings. The third kappa shape index (κ3) is 2.26. The first kappa shape index (κ1) is 16.3. The van der Waals surface area contributed by atoms with Crippen molar-refractivity contribution in [2.45, 2.75) is 6.92 Å². The van der Waals surface area contributed by atoms with Gasteiger partial charge in [0.05, 0.1) is 12.4 Å². The van der Waals surface area contributed by atoms with Gasteiger partial charge < -0.3 is 0 Å². The molecule has 0 unspecified atom stereocenters. The number of para-hydroxylation sites is 2. The lowest BCUT2D eigenvalue weighted by molar-refractivity contribution is -0.617. The van der Waals surface area contributed by atoms with Crippen molar-refractivity contribution in [2.24, 2.45) is 7.05 Å². The number of aryl methyl sites for hydroxylation is 2. The lowest BCUT2D eigenvalue weighted by Gasteiger charge is -2.04. The van der Waals surface area contributed by atoms with E-state index in [-0.39, 0.29) is 0 Å². The predicted octanol–water partition coefficient (Wildman–Crippen LogP) is 6.25. The largest absolute Gasteiger partial charge is 0.295 e. The van der Waals surface area contributed by atoms with Crippen LogP contribution in [0.25, 0.3) is 49.1 Å². The van der Waals surface area contributed by atoms with Crippen LogP contribution in [0.2, 0.25) is 0 Å². The topological polar surface area (TPSA) is 8.29 Å². The SMILES string of the molecule is Cc1ccc2cc1c1n(c3cccc(c3)c3ccccc23)c2ccccc2[n+]1C. The Morgan fingerprint density at radius 3 is 2.21 bits per heavy atom. The number of nitrogens with zero attached hydrogens (tertiary/aromatic N) is 2. The first-order chi connectivity index (χ1) is 14.2. The highest BCUT2D eigenvalue weighted by atomic mass is 15.1. The molecule has 0 aliphatic carbocycles. The van der Waals surface area contributed by atoms with Crippen molar-refractivity contribution in [1.82, 2.24) is 4.40 Å². The highest BCUT2D eigenvalue weighted by Gasteiger charge is 2.19. The lowest BCUT2D eigenvalue weighted by atomic mass is 10.0. The summed E-state index contributed by atoms with van der Waals surface area (Å²) in [6.45, 7) is 2.20. The van der Waals surface area contributed by atoms with Crippen LogP contribution in [0, 0.1) is 6.92 Å². The van der Waals surface area contributed by atoms with Crippen LogP contribution in [-0.2, 0) is 7.05 Å². The molecule has 0 saturated carbocycles. The van der Waals surface area contributed by atoms with Crippen LogP contribution in [0.3, 0.4) is 0 Å². The van der Waals surface area contributed by atoms with Crippen molar-refractivity contribution in [3.63, 3.8) is 0 Å². The molecule has 6 aromatic rings. The highest BCUT2D eigenvalue weighted by Crippen LogP contribution is 2.29. The molecule has 0 aliphatic heterocycles. The van der Waals surface area contributed by atoms with E-state index in [4.69, 9.17) is 0 Å². The molecular weight excluding hydrogens is 352 g/mol. The van der Waals surface area contributed by atoms with E-state index in [1.165, 1.54) is 54.7 Å². The van der Waals surface area contributed by atoms with Crippen LogP contribution >= 0.6 is 0 Å². The Balaban J connectivity index is 2.09. The molecule has 2 aromatic heterocycles. The summed E-state index contributed by atoms with van der Waals surface area (Å²) in [4.78, 5) is 0. The van der Waals surface area contributed by atoms with Crippen molar-refractivity contribution < 1.29 is 4.57 Å². The van der Waals surface area contributed by atoms with Crippen molar-refractivity contribution in [2.75, 3.05) is 0 Å². The van der Waals surface area contributed by atoms with Crippen molar-refractivity contribution >= 4 is 49.1 Å². The normalized spacial score (nSPS) is 11.8. The second-order valence-corrected chi connectivity index (χ2v) is 7.83. The second kappa shape index (κ2) is 5.92. The van der Waals surface area contributed by atoms with Gasteiger partial charge in [-0.15, -0.1) is 0 Å². The Hall–Kier alpha value is -3.65. The lowest BCUT2D eigenvalue weighted by Crippen LogP contribution is -2.27. The first-order valence-electron chi connectivity index (χ1n) is 10.0. The average molecular weight is 373 g/mol. The molecule has 138 valence electrons. The molecule has 0 atom stereocenters. The monoisotopic (exact) mass is 373 g/mol. The second-order valence-electron chi connectivity index (χ2n) is 7.83. The minimum absolute atomic E-state index is 1.19. The van der Waals surface area contributed by atoms with Crippen LogP contribution in [0.5, 0.6) is 0 Å². The fourth-order valence-corrected chi connectivity index (χ4v) is 4.71. The molecule has 4 bridgehead atoms. The molecule has 29 heavy (non-hydrogen) atoms. The maximum absolute atomic E-state index is 2.40. The molecule has 2 heteroatoms. The number of aromatic nitrogens is 2. The van der Waals surface area contributed by atoms with Crippen molar-refractivity contribution in [3.8, 4) is 0 Å². The molecule has 2 nitrogen and oxygen atoms in total. The molecule has 2 heterocycles. The van der Waals surface area contributed by atoms with Gasteiger partial charge in [-0.1, -0.05) is 60.7 Å². The minimum Gasteiger partial charge on any atom is -0.225 e. The maximum Gasteiger partial charge on any atom is 0.295 e. The molecule has 0 N–H and O–H groups in total. The standard InChI is InChI=1S/C27H21N2/c1-18-14-15-20-17-24(18)27-28(2)25-12-5-6-13-26(25)29(27)21-9-7-8-19(16-21)22-10-3-4-11-23(20)22/h3-17H,1-2H3/q+1. The molecular formula is C27H21N2+. The minimum atomic E-state index is 1.19. The van der Waals surface area contributed by atoms with Gasteiger partial charge in [0.1, 0.15) is 5.52 Å². The van der Waals surface area contributed by atoms with Gasteiger partial charge in [-0.3, -0.25) is 0 Å². The van der Waals surface area contributed by atoms with Crippen LogP contribution in [0.15, 0.2) is 91.0 Å². The molecule has 0 spiro atoms. The molecule has 0 amide bonds. The van der Waals surface area contributed by atoms with Gasteiger partial charge in [0.2, 0.25) is 0 Å². The number of benzene rings is 4. The number of hydrogen-bond acceptors (Lipinski definition) is 0. The van der Waals surface area contributed by atoms with Crippen LogP contribution in [0.4, 0.5) is 0 Å². The summed E-state index contributed by atoms with van der Waals surface area (Å²) in [5.41, 5.74) is 6.13. The van der Waals surface area contributed by atoms with E-state index >= 15 is 0 Å². The summed E-state index contributed by atoms with van der Waals surface area (Å²) >= 11 is 0. The quantitative estimate of drug-likeness (QED) is 0.278.